The Labute approximate surface area is 156 Å². The quantitative estimate of drug-likeness (QED) is 0.906. The molecule has 2 aliphatic rings. The lowest BCUT2D eigenvalue weighted by molar-refractivity contribution is 0.0116. The molecule has 1 aromatic carbocycles. The molecule has 1 unspecified atom stereocenters. The second-order valence-corrected chi connectivity index (χ2v) is 7.33. The summed E-state index contributed by atoms with van der Waals surface area (Å²) >= 11 is 0. The van der Waals surface area contributed by atoms with Gasteiger partial charge in [-0.2, -0.15) is 0 Å². The Bertz CT molecular complexity index is 722. The van der Waals surface area contributed by atoms with Crippen molar-refractivity contribution in [3.8, 4) is 0 Å². The maximum Gasteiger partial charge on any atom is 0.0845 e. The van der Waals surface area contributed by atoms with Gasteiger partial charge < -0.3 is 14.4 Å². The van der Waals surface area contributed by atoms with Gasteiger partial charge in [-0.05, 0) is 50.3 Å². The molecule has 1 aliphatic carbocycles. The van der Waals surface area contributed by atoms with Gasteiger partial charge in [0.2, 0.25) is 0 Å². The molecular formula is C20H29ClN2O2. The van der Waals surface area contributed by atoms with Crippen LogP contribution in [-0.2, 0) is 24.1 Å². The second kappa shape index (κ2) is 8.09. The molecule has 2 heterocycles. The summed E-state index contributed by atoms with van der Waals surface area (Å²) in [6, 6.07) is 6.76. The molecular weight excluding hydrogens is 336 g/mol. The minimum absolute atomic E-state index is 0. The average Bonchev–Trinajstić information content (AvgIpc) is 2.89. The number of hydrogen-bond acceptors (Lipinski definition) is 3. The number of aliphatic hydroxyl groups excluding tert-OH is 1. The van der Waals surface area contributed by atoms with E-state index in [1.54, 1.807) is 0 Å². The van der Waals surface area contributed by atoms with Crippen molar-refractivity contribution in [1.82, 2.24) is 9.47 Å². The fourth-order valence-electron chi connectivity index (χ4n) is 4.31. The van der Waals surface area contributed by atoms with E-state index in [4.69, 9.17) is 4.74 Å². The number of aryl methyl sites for hydroxylation is 2. The van der Waals surface area contributed by atoms with Gasteiger partial charge in [0.05, 0.1) is 25.9 Å². The number of benzene rings is 1. The van der Waals surface area contributed by atoms with Gasteiger partial charge in [0.15, 0.2) is 0 Å². The van der Waals surface area contributed by atoms with Gasteiger partial charge in [-0.15, -0.1) is 12.4 Å². The third-order valence-corrected chi connectivity index (χ3v) is 5.50. The molecule has 2 aromatic rings. The van der Waals surface area contributed by atoms with Crippen molar-refractivity contribution in [3.05, 3.63) is 35.0 Å². The van der Waals surface area contributed by atoms with Crippen molar-refractivity contribution < 1.29 is 9.84 Å². The largest absolute Gasteiger partial charge is 0.390 e. The number of aliphatic hydroxyl groups is 1. The van der Waals surface area contributed by atoms with Crippen molar-refractivity contribution in [2.45, 2.75) is 45.3 Å². The van der Waals surface area contributed by atoms with Gasteiger partial charge in [0, 0.05) is 36.2 Å². The fraction of sp³-hybridized carbons (Fsp3) is 0.600. The van der Waals surface area contributed by atoms with Crippen molar-refractivity contribution in [2.24, 2.45) is 0 Å². The van der Waals surface area contributed by atoms with Crippen molar-refractivity contribution in [3.63, 3.8) is 0 Å². The lowest BCUT2D eigenvalue weighted by Gasteiger charge is -2.29. The number of nitrogens with zero attached hydrogens (tertiary/aromatic N) is 2. The highest BCUT2D eigenvalue weighted by Gasteiger charge is 2.22. The van der Waals surface area contributed by atoms with E-state index in [0.29, 0.717) is 6.54 Å². The molecule has 4 nitrogen and oxygen atoms in total. The predicted octanol–water partition coefficient (Wildman–Crippen LogP) is 2.94. The summed E-state index contributed by atoms with van der Waals surface area (Å²) in [4.78, 5) is 2.32. The molecule has 0 bridgehead atoms. The molecule has 1 aliphatic heterocycles. The standard InChI is InChI=1S/C20H28N2O2.ClH/c1-15-6-7-20-18(12-15)17-4-2-3-5-19(17)22(20)14-16(23)13-21-8-10-24-11-9-21;/h6-7,12,16,23H,2-5,8-11,13-14H2,1H3;1H. The fourth-order valence-corrected chi connectivity index (χ4v) is 4.31. The molecule has 4 rings (SSSR count). The zero-order valence-electron chi connectivity index (χ0n) is 15.0. The van der Waals surface area contributed by atoms with E-state index >= 15 is 0 Å². The third-order valence-electron chi connectivity index (χ3n) is 5.50. The predicted molar refractivity (Wildman–Crippen MR) is 104 cm³/mol. The molecule has 0 radical (unpaired) electrons. The first kappa shape index (κ1) is 18.7. The van der Waals surface area contributed by atoms with E-state index < -0.39 is 0 Å². The van der Waals surface area contributed by atoms with Crippen LogP contribution in [0.1, 0.15) is 29.7 Å². The first-order valence-corrected chi connectivity index (χ1v) is 9.31. The molecule has 25 heavy (non-hydrogen) atoms. The maximum atomic E-state index is 10.7. The number of ether oxygens (including phenoxy) is 1. The Balaban J connectivity index is 0.00000182. The van der Waals surface area contributed by atoms with Crippen LogP contribution < -0.4 is 0 Å². The third kappa shape index (κ3) is 3.87. The van der Waals surface area contributed by atoms with Crippen LogP contribution in [0.25, 0.3) is 10.9 Å². The maximum absolute atomic E-state index is 10.7. The monoisotopic (exact) mass is 364 g/mol. The van der Waals surface area contributed by atoms with Crippen LogP contribution in [-0.4, -0.2) is 53.5 Å². The molecule has 0 spiro atoms. The topological polar surface area (TPSA) is 37.6 Å². The highest BCUT2D eigenvalue weighted by atomic mass is 35.5. The summed E-state index contributed by atoms with van der Waals surface area (Å²) in [7, 11) is 0. The minimum Gasteiger partial charge on any atom is -0.390 e. The van der Waals surface area contributed by atoms with Crippen LogP contribution >= 0.6 is 12.4 Å². The smallest absolute Gasteiger partial charge is 0.0845 e. The first-order valence-electron chi connectivity index (χ1n) is 9.31. The number of hydrogen-bond donors (Lipinski definition) is 1. The lowest BCUT2D eigenvalue weighted by Crippen LogP contribution is -2.42. The number of aromatic nitrogens is 1. The van der Waals surface area contributed by atoms with Crippen LogP contribution in [0.4, 0.5) is 0 Å². The molecule has 1 N–H and O–H groups in total. The van der Waals surface area contributed by atoms with E-state index in [9.17, 15) is 5.11 Å². The van der Waals surface area contributed by atoms with Gasteiger partial charge in [0.1, 0.15) is 0 Å². The van der Waals surface area contributed by atoms with E-state index in [-0.39, 0.29) is 18.5 Å². The Morgan fingerprint density at radius 3 is 2.68 bits per heavy atom. The number of fused-ring (bicyclic) bond motifs is 3. The number of β-amino-alcohol motifs (C(OH)–C–C–N with tert-alkyl or cyclic N) is 1. The van der Waals surface area contributed by atoms with Crippen LogP contribution in [0.15, 0.2) is 18.2 Å². The van der Waals surface area contributed by atoms with Crippen LogP contribution in [0.3, 0.4) is 0 Å². The zero-order chi connectivity index (χ0) is 16.5. The second-order valence-electron chi connectivity index (χ2n) is 7.33. The Morgan fingerprint density at radius 2 is 1.88 bits per heavy atom. The first-order chi connectivity index (χ1) is 11.7. The summed E-state index contributed by atoms with van der Waals surface area (Å²) in [5, 5.41) is 12.1. The van der Waals surface area contributed by atoms with Crippen LogP contribution in [0.2, 0.25) is 0 Å². The van der Waals surface area contributed by atoms with E-state index in [1.807, 2.05) is 0 Å². The molecule has 1 atom stereocenters. The lowest BCUT2D eigenvalue weighted by atomic mass is 9.95. The Morgan fingerprint density at radius 1 is 1.12 bits per heavy atom. The molecule has 1 saturated heterocycles. The summed E-state index contributed by atoms with van der Waals surface area (Å²) in [5.41, 5.74) is 5.61. The summed E-state index contributed by atoms with van der Waals surface area (Å²) in [6.45, 7) is 7.04. The van der Waals surface area contributed by atoms with Crippen LogP contribution in [0.5, 0.6) is 0 Å². The molecule has 5 heteroatoms. The van der Waals surface area contributed by atoms with Gasteiger partial charge in [0.25, 0.3) is 0 Å². The average molecular weight is 365 g/mol. The molecule has 138 valence electrons. The number of morpholine rings is 1. The molecule has 0 amide bonds. The van der Waals surface area contributed by atoms with Gasteiger partial charge >= 0.3 is 0 Å². The van der Waals surface area contributed by atoms with Crippen molar-refractivity contribution >= 4 is 23.3 Å². The normalized spacial score (nSPS) is 19.4. The Hall–Kier alpha value is -1.07. The van der Waals surface area contributed by atoms with Gasteiger partial charge in [-0.25, -0.2) is 0 Å². The summed E-state index contributed by atoms with van der Waals surface area (Å²) in [5.74, 6) is 0. The van der Waals surface area contributed by atoms with Crippen molar-refractivity contribution in [2.75, 3.05) is 32.8 Å². The zero-order valence-corrected chi connectivity index (χ0v) is 15.9. The summed E-state index contributed by atoms with van der Waals surface area (Å²) < 4.78 is 7.80. The van der Waals surface area contributed by atoms with Gasteiger partial charge in [-0.1, -0.05) is 11.6 Å². The minimum atomic E-state index is -0.328. The molecule has 1 fully saturated rings. The molecule has 1 aromatic heterocycles. The van der Waals surface area contributed by atoms with E-state index in [1.165, 1.54) is 47.0 Å². The van der Waals surface area contributed by atoms with Crippen LogP contribution in [0, 0.1) is 6.92 Å². The van der Waals surface area contributed by atoms with Gasteiger partial charge in [-0.3, -0.25) is 4.90 Å². The van der Waals surface area contributed by atoms with E-state index in [0.717, 1.165) is 39.3 Å². The number of halogens is 1. The van der Waals surface area contributed by atoms with Crippen molar-refractivity contribution in [1.29, 1.82) is 0 Å². The Kier molecular flexibility index (Phi) is 6.05. The van der Waals surface area contributed by atoms with E-state index in [2.05, 4.69) is 34.6 Å². The number of rotatable bonds is 4. The molecule has 0 saturated carbocycles. The SMILES string of the molecule is Cc1ccc2c(c1)c1c(n2CC(O)CN2CCOCC2)CCCC1.Cl. The highest BCUT2D eigenvalue weighted by Crippen LogP contribution is 2.33. The highest BCUT2D eigenvalue weighted by molar-refractivity contribution is 5.86. The summed E-state index contributed by atoms with van der Waals surface area (Å²) in [6.07, 6.45) is 4.55.